The molecule has 29 heavy (non-hydrogen) atoms. The summed E-state index contributed by atoms with van der Waals surface area (Å²) < 4.78 is 41.7. The van der Waals surface area contributed by atoms with Gasteiger partial charge in [0, 0.05) is 5.69 Å². The second kappa shape index (κ2) is 9.31. The van der Waals surface area contributed by atoms with Crippen molar-refractivity contribution in [2.75, 3.05) is 4.90 Å². The van der Waals surface area contributed by atoms with Gasteiger partial charge in [-0.3, -0.25) is 9.64 Å². The van der Waals surface area contributed by atoms with Gasteiger partial charge in [0.1, 0.15) is 6.23 Å². The van der Waals surface area contributed by atoms with Gasteiger partial charge >= 0.3 is 12.4 Å². The van der Waals surface area contributed by atoms with Crippen LogP contribution < -0.4 is 10.2 Å². The molecule has 0 aliphatic rings. The lowest BCUT2D eigenvalue weighted by Gasteiger charge is -2.27. The van der Waals surface area contributed by atoms with Crippen LogP contribution in [-0.4, -0.2) is 18.6 Å². The van der Waals surface area contributed by atoms with Gasteiger partial charge in [-0.2, -0.15) is 0 Å². The summed E-state index contributed by atoms with van der Waals surface area (Å²) in [4.78, 5) is 14.3. The number of anilines is 1. The van der Waals surface area contributed by atoms with E-state index in [1.54, 1.807) is 12.1 Å². The third kappa shape index (κ3) is 7.09. The topological polar surface area (TPSA) is 41.6 Å². The number of alkyl halides is 3. The fourth-order valence-electron chi connectivity index (χ4n) is 2.78. The van der Waals surface area contributed by atoms with Crippen molar-refractivity contribution in [3.05, 3.63) is 65.7 Å². The number of hydrogen-bond donors (Lipinski definition) is 1. The average molecular weight is 408 g/mol. The number of rotatable bonds is 6. The smallest absolute Gasteiger partial charge is 0.312 e. The van der Waals surface area contributed by atoms with Crippen LogP contribution in [-0.2, 0) is 16.7 Å². The Kier molecular flexibility index (Phi) is 7.30. The van der Waals surface area contributed by atoms with Crippen LogP contribution in [0.25, 0.3) is 0 Å². The molecule has 1 atom stereocenters. The molecule has 0 saturated carbocycles. The Morgan fingerprint density at radius 2 is 1.62 bits per heavy atom. The molecule has 2 aromatic carbocycles. The highest BCUT2D eigenvalue weighted by molar-refractivity contribution is 5.92. The molecule has 0 aliphatic heterocycles. The Bertz CT molecular complexity index is 784. The molecule has 1 N–H and O–H groups in total. The van der Waals surface area contributed by atoms with E-state index in [4.69, 9.17) is 0 Å². The minimum atomic E-state index is -4.83. The number of amides is 2. The molecule has 7 heteroatoms. The van der Waals surface area contributed by atoms with Gasteiger partial charge in [-0.25, -0.2) is 4.79 Å². The van der Waals surface area contributed by atoms with Crippen LogP contribution in [0.2, 0.25) is 0 Å². The van der Waals surface area contributed by atoms with Crippen molar-refractivity contribution in [2.45, 2.75) is 58.7 Å². The van der Waals surface area contributed by atoms with Crippen LogP contribution in [0.3, 0.4) is 0 Å². The van der Waals surface area contributed by atoms with E-state index < -0.39 is 18.6 Å². The molecule has 1 unspecified atom stereocenters. The molecule has 0 aromatic heterocycles. The third-order valence-corrected chi connectivity index (χ3v) is 4.40. The molecule has 0 spiro atoms. The molecular formula is C22H27F3N2O2. The summed E-state index contributed by atoms with van der Waals surface area (Å²) in [5.41, 5.74) is 2.47. The minimum absolute atomic E-state index is 0.0204. The summed E-state index contributed by atoms with van der Waals surface area (Å²) in [7, 11) is 0. The number of carbonyl (C=O) groups is 1. The van der Waals surface area contributed by atoms with Gasteiger partial charge in [-0.05, 0) is 35.1 Å². The van der Waals surface area contributed by atoms with Gasteiger partial charge in [0.05, 0.1) is 6.54 Å². The molecule has 0 bridgehead atoms. The lowest BCUT2D eigenvalue weighted by atomic mass is 9.87. The number of benzene rings is 2. The van der Waals surface area contributed by atoms with Crippen LogP contribution in [0.1, 0.15) is 45.2 Å². The molecular weight excluding hydrogens is 381 g/mol. The van der Waals surface area contributed by atoms with Crippen LogP contribution >= 0.6 is 0 Å². The Balaban J connectivity index is 2.28. The summed E-state index contributed by atoms with van der Waals surface area (Å²) >= 11 is 0. The van der Waals surface area contributed by atoms with Gasteiger partial charge < -0.3 is 5.32 Å². The first kappa shape index (κ1) is 22.7. The van der Waals surface area contributed by atoms with Crippen molar-refractivity contribution < 1.29 is 22.7 Å². The Morgan fingerprint density at radius 1 is 1.03 bits per heavy atom. The van der Waals surface area contributed by atoms with Gasteiger partial charge in [0.25, 0.3) is 0 Å². The van der Waals surface area contributed by atoms with Crippen molar-refractivity contribution in [2.24, 2.45) is 0 Å². The summed E-state index contributed by atoms with van der Waals surface area (Å²) in [6.07, 6.45) is -6.31. The number of ether oxygens (including phenoxy) is 1. The lowest BCUT2D eigenvalue weighted by molar-refractivity contribution is -0.345. The molecule has 2 amide bonds. The monoisotopic (exact) mass is 408 g/mol. The highest BCUT2D eigenvalue weighted by Gasteiger charge is 2.34. The van der Waals surface area contributed by atoms with E-state index in [1.807, 2.05) is 42.5 Å². The van der Waals surface area contributed by atoms with Crippen molar-refractivity contribution in [3.8, 4) is 0 Å². The lowest BCUT2D eigenvalue weighted by Crippen LogP contribution is -2.47. The normalized spacial score (nSPS) is 13.1. The van der Waals surface area contributed by atoms with E-state index in [0.29, 0.717) is 5.69 Å². The quantitative estimate of drug-likeness (QED) is 0.598. The largest absolute Gasteiger partial charge is 0.524 e. The second-order valence-corrected chi connectivity index (χ2v) is 7.78. The molecule has 0 fully saturated rings. The number of halogens is 3. The number of nitrogens with one attached hydrogen (secondary N) is 1. The predicted molar refractivity (Wildman–Crippen MR) is 108 cm³/mol. The summed E-state index contributed by atoms with van der Waals surface area (Å²) in [5.74, 6) is 0. The number of hydrogen-bond acceptors (Lipinski definition) is 2. The Morgan fingerprint density at radius 3 is 2.10 bits per heavy atom. The van der Waals surface area contributed by atoms with E-state index in [-0.39, 0.29) is 18.4 Å². The van der Waals surface area contributed by atoms with E-state index in [9.17, 15) is 18.0 Å². The van der Waals surface area contributed by atoms with E-state index in [1.165, 1.54) is 11.8 Å². The molecule has 4 nitrogen and oxygen atoms in total. The number of carbonyl (C=O) groups excluding carboxylic acids is 1. The van der Waals surface area contributed by atoms with Gasteiger partial charge in [-0.1, -0.05) is 70.2 Å². The predicted octanol–water partition coefficient (Wildman–Crippen LogP) is 5.97. The van der Waals surface area contributed by atoms with E-state index in [0.717, 1.165) is 11.1 Å². The molecule has 0 radical (unpaired) electrons. The second-order valence-electron chi connectivity index (χ2n) is 7.78. The molecule has 158 valence electrons. The first-order chi connectivity index (χ1) is 13.5. The summed E-state index contributed by atoms with van der Waals surface area (Å²) in [6.45, 7) is 7.96. The van der Waals surface area contributed by atoms with Crippen LogP contribution in [0.15, 0.2) is 54.6 Å². The standard InChI is InChI=1S/C22H27F3N2O2/c1-5-19(29-22(23,24)25)26-20(28)27(15-16-9-7-6-8-10-16)18-13-11-17(12-14-18)21(2,3)4/h6-14,19H,5,15H2,1-4H3,(H,26,28). The zero-order chi connectivity index (χ0) is 21.7. The molecule has 2 rings (SSSR count). The highest BCUT2D eigenvalue weighted by Crippen LogP contribution is 2.26. The molecule has 0 saturated heterocycles. The SMILES string of the molecule is CCC(NC(=O)N(Cc1ccccc1)c1ccc(C(C)(C)C)cc1)OC(F)(F)F. The number of urea groups is 1. The third-order valence-electron chi connectivity index (χ3n) is 4.40. The van der Waals surface area contributed by atoms with Gasteiger partial charge in [0.15, 0.2) is 0 Å². The van der Waals surface area contributed by atoms with Crippen LogP contribution in [0, 0.1) is 0 Å². The van der Waals surface area contributed by atoms with E-state index >= 15 is 0 Å². The van der Waals surface area contributed by atoms with E-state index in [2.05, 4.69) is 30.8 Å². The number of nitrogens with zero attached hydrogens (tertiary/aromatic N) is 1. The van der Waals surface area contributed by atoms with Gasteiger partial charge in [0.2, 0.25) is 0 Å². The maximum absolute atomic E-state index is 12.9. The first-order valence-corrected chi connectivity index (χ1v) is 9.46. The summed E-state index contributed by atoms with van der Waals surface area (Å²) in [6, 6.07) is 16.0. The van der Waals surface area contributed by atoms with Gasteiger partial charge in [-0.15, -0.1) is 13.2 Å². The van der Waals surface area contributed by atoms with Crippen molar-refractivity contribution >= 4 is 11.7 Å². The fourth-order valence-corrected chi connectivity index (χ4v) is 2.78. The molecule has 0 heterocycles. The summed E-state index contributed by atoms with van der Waals surface area (Å²) in [5, 5.41) is 2.33. The first-order valence-electron chi connectivity index (χ1n) is 9.46. The minimum Gasteiger partial charge on any atom is -0.312 e. The maximum atomic E-state index is 12.9. The zero-order valence-corrected chi connectivity index (χ0v) is 17.1. The van der Waals surface area contributed by atoms with Crippen molar-refractivity contribution in [3.63, 3.8) is 0 Å². The molecule has 0 aliphatic carbocycles. The Labute approximate surface area is 169 Å². The Hall–Kier alpha value is -2.54. The average Bonchev–Trinajstić information content (AvgIpc) is 2.64. The van der Waals surface area contributed by atoms with Crippen molar-refractivity contribution in [1.82, 2.24) is 5.32 Å². The van der Waals surface area contributed by atoms with Crippen LogP contribution in [0.5, 0.6) is 0 Å². The van der Waals surface area contributed by atoms with Crippen LogP contribution in [0.4, 0.5) is 23.7 Å². The zero-order valence-electron chi connectivity index (χ0n) is 17.1. The van der Waals surface area contributed by atoms with Crippen molar-refractivity contribution in [1.29, 1.82) is 0 Å². The molecule has 2 aromatic rings. The highest BCUT2D eigenvalue weighted by atomic mass is 19.4. The fraction of sp³-hybridized carbons (Fsp3) is 0.409. The maximum Gasteiger partial charge on any atom is 0.524 e.